The molecule has 5 rings (SSSR count). The fourth-order valence-electron chi connectivity index (χ4n) is 4.95. The number of aliphatic hydroxyl groups is 1. The number of aromatic nitrogens is 6. The average Bonchev–Trinajstić information content (AvgIpc) is 3.34. The van der Waals surface area contributed by atoms with Gasteiger partial charge in [-0.2, -0.15) is 0 Å². The van der Waals surface area contributed by atoms with E-state index in [-0.39, 0.29) is 12.8 Å². The highest BCUT2D eigenvalue weighted by molar-refractivity contribution is 6.07. The summed E-state index contributed by atoms with van der Waals surface area (Å²) < 4.78 is 32.0. The molecule has 1 unspecified atom stereocenters. The SMILES string of the molecule is Cc1nnn(C)c1-c1ccc2c3ncc(C(C)(C)O)cc3n(C(CCC(C)(F)F)c3ccccn3)c2c1. The van der Waals surface area contributed by atoms with Gasteiger partial charge in [-0.1, -0.05) is 17.3 Å². The van der Waals surface area contributed by atoms with Crippen LogP contribution in [0.25, 0.3) is 33.2 Å². The van der Waals surface area contributed by atoms with Crippen molar-refractivity contribution in [2.24, 2.45) is 7.05 Å². The molecule has 192 valence electrons. The second-order valence-electron chi connectivity index (χ2n) is 10.3. The van der Waals surface area contributed by atoms with Gasteiger partial charge in [0.05, 0.1) is 45.3 Å². The predicted octanol–water partition coefficient (Wildman–Crippen LogP) is 5.94. The number of pyridine rings is 2. The van der Waals surface area contributed by atoms with E-state index in [9.17, 15) is 13.9 Å². The van der Waals surface area contributed by atoms with E-state index in [0.29, 0.717) is 11.3 Å². The second-order valence-corrected chi connectivity index (χ2v) is 10.3. The zero-order valence-corrected chi connectivity index (χ0v) is 21.6. The Labute approximate surface area is 213 Å². The molecule has 9 heteroatoms. The fraction of sp³-hybridized carbons (Fsp3) is 0.357. The molecular formula is C28H30F2N6O. The number of aryl methyl sites for hydroxylation is 2. The number of rotatable bonds is 7. The maximum absolute atomic E-state index is 14.1. The third-order valence-corrected chi connectivity index (χ3v) is 6.81. The minimum absolute atomic E-state index is 0.169. The monoisotopic (exact) mass is 504 g/mol. The zero-order chi connectivity index (χ0) is 26.5. The lowest BCUT2D eigenvalue weighted by atomic mass is 9.99. The standard InChI is InChI=1S/C28H30F2N6O/c1-17-26(35(5)34-33-17)18-9-10-20-23(14-18)36(24-15-19(27(2,3)37)16-32-25(20)24)22(11-12-28(4,29)30)21-8-6-7-13-31-21/h6-10,13-16,22,37H,11-12H2,1-5H3. The molecule has 0 saturated carbocycles. The first-order valence-corrected chi connectivity index (χ1v) is 12.3. The minimum atomic E-state index is -2.83. The number of hydrogen-bond donors (Lipinski definition) is 1. The van der Waals surface area contributed by atoms with Gasteiger partial charge in [0.2, 0.25) is 5.92 Å². The van der Waals surface area contributed by atoms with Gasteiger partial charge in [-0.25, -0.2) is 13.5 Å². The average molecular weight is 505 g/mol. The van der Waals surface area contributed by atoms with Gasteiger partial charge in [0.1, 0.15) is 0 Å². The highest BCUT2D eigenvalue weighted by Crippen LogP contribution is 2.39. The molecule has 0 saturated heterocycles. The number of halogens is 2. The number of hydrogen-bond acceptors (Lipinski definition) is 5. The molecule has 0 aliphatic heterocycles. The van der Waals surface area contributed by atoms with Crippen molar-refractivity contribution in [3.63, 3.8) is 0 Å². The maximum Gasteiger partial charge on any atom is 0.245 e. The molecule has 4 aromatic heterocycles. The summed E-state index contributed by atoms with van der Waals surface area (Å²) in [5, 5.41) is 19.9. The van der Waals surface area contributed by atoms with Crippen molar-refractivity contribution in [2.45, 2.75) is 58.1 Å². The number of fused-ring (bicyclic) bond motifs is 3. The summed E-state index contributed by atoms with van der Waals surface area (Å²) in [6, 6.07) is 13.0. The van der Waals surface area contributed by atoms with Gasteiger partial charge in [0, 0.05) is 42.4 Å². The molecule has 0 amide bonds. The molecular weight excluding hydrogens is 474 g/mol. The highest BCUT2D eigenvalue weighted by atomic mass is 19.3. The Morgan fingerprint density at radius 3 is 2.43 bits per heavy atom. The van der Waals surface area contributed by atoms with Crippen LogP contribution in [0.2, 0.25) is 0 Å². The largest absolute Gasteiger partial charge is 0.386 e. The first-order chi connectivity index (χ1) is 17.4. The quantitative estimate of drug-likeness (QED) is 0.297. The van der Waals surface area contributed by atoms with Crippen LogP contribution in [-0.2, 0) is 12.6 Å². The Morgan fingerprint density at radius 2 is 1.81 bits per heavy atom. The van der Waals surface area contributed by atoms with E-state index < -0.39 is 17.6 Å². The van der Waals surface area contributed by atoms with Crippen molar-refractivity contribution >= 4 is 21.9 Å². The van der Waals surface area contributed by atoms with Crippen LogP contribution >= 0.6 is 0 Å². The van der Waals surface area contributed by atoms with Crippen LogP contribution in [0.4, 0.5) is 8.78 Å². The van der Waals surface area contributed by atoms with Gasteiger partial charge in [0.15, 0.2) is 0 Å². The van der Waals surface area contributed by atoms with Gasteiger partial charge in [-0.05, 0) is 64.4 Å². The van der Waals surface area contributed by atoms with Crippen molar-refractivity contribution in [2.75, 3.05) is 0 Å². The summed E-state index contributed by atoms with van der Waals surface area (Å²) in [6.07, 6.45) is 3.21. The van der Waals surface area contributed by atoms with E-state index >= 15 is 0 Å². The molecule has 1 aromatic carbocycles. The van der Waals surface area contributed by atoms with Gasteiger partial charge in [-0.3, -0.25) is 9.97 Å². The number of benzene rings is 1. The van der Waals surface area contributed by atoms with Gasteiger partial charge in [0.25, 0.3) is 0 Å². The topological polar surface area (TPSA) is 81.6 Å². The Kier molecular flexibility index (Phi) is 6.06. The Morgan fingerprint density at radius 1 is 1.03 bits per heavy atom. The van der Waals surface area contributed by atoms with E-state index in [4.69, 9.17) is 4.98 Å². The van der Waals surface area contributed by atoms with E-state index in [1.807, 2.05) is 61.0 Å². The molecule has 0 radical (unpaired) electrons. The lowest BCUT2D eigenvalue weighted by molar-refractivity contribution is 0.00846. The molecule has 1 atom stereocenters. The summed E-state index contributed by atoms with van der Waals surface area (Å²) in [5.41, 5.74) is 5.09. The molecule has 0 aliphatic carbocycles. The molecule has 0 fully saturated rings. The van der Waals surface area contributed by atoms with Gasteiger partial charge in [-0.15, -0.1) is 5.10 Å². The van der Waals surface area contributed by atoms with Crippen molar-refractivity contribution in [3.05, 3.63) is 71.8 Å². The second kappa shape index (κ2) is 8.99. The maximum atomic E-state index is 14.1. The van der Waals surface area contributed by atoms with Crippen molar-refractivity contribution in [1.82, 2.24) is 29.5 Å². The molecule has 4 heterocycles. The van der Waals surface area contributed by atoms with Crippen LogP contribution in [-0.4, -0.2) is 40.6 Å². The van der Waals surface area contributed by atoms with Crippen molar-refractivity contribution in [3.8, 4) is 11.3 Å². The third-order valence-electron chi connectivity index (χ3n) is 6.81. The smallest absolute Gasteiger partial charge is 0.245 e. The summed E-state index contributed by atoms with van der Waals surface area (Å²) >= 11 is 0. The van der Waals surface area contributed by atoms with Gasteiger partial charge < -0.3 is 9.67 Å². The van der Waals surface area contributed by atoms with Crippen LogP contribution < -0.4 is 0 Å². The Balaban J connectivity index is 1.84. The first-order valence-electron chi connectivity index (χ1n) is 12.3. The van der Waals surface area contributed by atoms with Gasteiger partial charge >= 0.3 is 0 Å². The van der Waals surface area contributed by atoms with Crippen LogP contribution in [0.1, 0.15) is 56.6 Å². The van der Waals surface area contributed by atoms with Crippen molar-refractivity contribution < 1.29 is 13.9 Å². The zero-order valence-electron chi connectivity index (χ0n) is 21.6. The summed E-state index contributed by atoms with van der Waals surface area (Å²) in [6.45, 7) is 6.25. The fourth-order valence-corrected chi connectivity index (χ4v) is 4.95. The number of alkyl halides is 2. The molecule has 0 bridgehead atoms. The normalized spacial score (nSPS) is 13.5. The van der Waals surface area contributed by atoms with E-state index in [2.05, 4.69) is 15.3 Å². The van der Waals surface area contributed by atoms with Crippen LogP contribution in [0, 0.1) is 6.92 Å². The minimum Gasteiger partial charge on any atom is -0.386 e. The predicted molar refractivity (Wildman–Crippen MR) is 139 cm³/mol. The Hall–Kier alpha value is -3.72. The lowest BCUT2D eigenvalue weighted by Gasteiger charge is -2.24. The summed E-state index contributed by atoms with van der Waals surface area (Å²) in [5.74, 6) is -2.83. The Bertz CT molecular complexity index is 1560. The lowest BCUT2D eigenvalue weighted by Crippen LogP contribution is -2.18. The van der Waals surface area contributed by atoms with Crippen LogP contribution in [0.5, 0.6) is 0 Å². The molecule has 7 nitrogen and oxygen atoms in total. The number of nitrogens with zero attached hydrogens (tertiary/aromatic N) is 6. The molecule has 37 heavy (non-hydrogen) atoms. The summed E-state index contributed by atoms with van der Waals surface area (Å²) in [7, 11) is 1.84. The molecule has 1 N–H and O–H groups in total. The van der Waals surface area contributed by atoms with Crippen LogP contribution in [0.15, 0.2) is 54.9 Å². The summed E-state index contributed by atoms with van der Waals surface area (Å²) in [4.78, 5) is 9.29. The van der Waals surface area contributed by atoms with Crippen molar-refractivity contribution in [1.29, 1.82) is 0 Å². The van der Waals surface area contributed by atoms with E-state index in [1.54, 1.807) is 30.9 Å². The van der Waals surface area contributed by atoms with E-state index in [1.165, 1.54) is 0 Å². The molecule has 0 aliphatic rings. The molecule has 0 spiro atoms. The first kappa shape index (κ1) is 25.0. The third kappa shape index (κ3) is 4.71. The highest BCUT2D eigenvalue weighted by Gasteiger charge is 2.29. The molecule has 5 aromatic rings. The van der Waals surface area contributed by atoms with Crippen LogP contribution in [0.3, 0.4) is 0 Å². The van der Waals surface area contributed by atoms with E-state index in [0.717, 1.165) is 45.8 Å².